The summed E-state index contributed by atoms with van der Waals surface area (Å²) in [6, 6.07) is 3.29. The quantitative estimate of drug-likeness (QED) is 0.828. The second-order valence-corrected chi connectivity index (χ2v) is 4.75. The van der Waals surface area contributed by atoms with Crippen molar-refractivity contribution in [3.63, 3.8) is 0 Å². The molecule has 0 unspecified atom stereocenters. The van der Waals surface area contributed by atoms with E-state index in [2.05, 4.69) is 4.98 Å². The number of pyridine rings is 1. The molecule has 0 saturated carbocycles. The summed E-state index contributed by atoms with van der Waals surface area (Å²) >= 11 is 5.80. The molecule has 0 aromatic carbocycles. The number of hydrogen-bond donors (Lipinski definition) is 1. The Hall–Kier alpha value is -1.33. The molecule has 0 bridgehead atoms. The van der Waals surface area contributed by atoms with Gasteiger partial charge in [-0.25, -0.2) is 4.98 Å². The van der Waals surface area contributed by atoms with Crippen LogP contribution in [0.1, 0.15) is 23.2 Å². The van der Waals surface area contributed by atoms with Gasteiger partial charge in [0.05, 0.1) is 0 Å². The predicted molar refractivity (Wildman–Crippen MR) is 69.6 cm³/mol. The van der Waals surface area contributed by atoms with E-state index in [1.54, 1.807) is 18.0 Å². The number of anilines is 1. The van der Waals surface area contributed by atoms with E-state index in [0.717, 1.165) is 12.8 Å². The number of carbonyl (C=O) groups is 1. The van der Waals surface area contributed by atoms with Gasteiger partial charge in [-0.3, -0.25) is 4.79 Å². The van der Waals surface area contributed by atoms with Crippen LogP contribution in [0.5, 0.6) is 0 Å². The minimum atomic E-state index is -0.0853. The van der Waals surface area contributed by atoms with Crippen LogP contribution in [0.15, 0.2) is 12.1 Å². The van der Waals surface area contributed by atoms with Gasteiger partial charge in [0.1, 0.15) is 11.0 Å². The van der Waals surface area contributed by atoms with E-state index in [4.69, 9.17) is 22.1 Å². The van der Waals surface area contributed by atoms with Crippen LogP contribution in [0, 0.1) is 0 Å². The lowest BCUT2D eigenvalue weighted by atomic mass is 10.1. The van der Waals surface area contributed by atoms with E-state index >= 15 is 0 Å². The highest BCUT2D eigenvalue weighted by atomic mass is 35.5. The molecule has 5 nitrogen and oxygen atoms in total. The lowest BCUT2D eigenvalue weighted by Crippen LogP contribution is -2.40. The van der Waals surface area contributed by atoms with Gasteiger partial charge in [-0.15, -0.1) is 0 Å². The first-order chi connectivity index (χ1) is 8.58. The number of hydrogen-bond acceptors (Lipinski definition) is 4. The van der Waals surface area contributed by atoms with Crippen LogP contribution < -0.4 is 5.73 Å². The topological polar surface area (TPSA) is 68.5 Å². The summed E-state index contributed by atoms with van der Waals surface area (Å²) < 4.78 is 5.28. The van der Waals surface area contributed by atoms with Crippen molar-refractivity contribution in [1.29, 1.82) is 0 Å². The number of aromatic nitrogens is 1. The van der Waals surface area contributed by atoms with Crippen LogP contribution in [0.3, 0.4) is 0 Å². The lowest BCUT2D eigenvalue weighted by molar-refractivity contribution is 0.0362. The number of nitrogen functional groups attached to an aromatic ring is 1. The van der Waals surface area contributed by atoms with E-state index in [1.807, 2.05) is 0 Å². The van der Waals surface area contributed by atoms with Crippen LogP contribution in [-0.4, -0.2) is 42.1 Å². The molecule has 6 heteroatoms. The summed E-state index contributed by atoms with van der Waals surface area (Å²) in [7, 11) is 1.79. The molecule has 2 rings (SSSR count). The normalized spacial score (nSPS) is 16.6. The number of carbonyl (C=O) groups excluding carboxylic acids is 1. The van der Waals surface area contributed by atoms with Crippen molar-refractivity contribution >= 4 is 23.3 Å². The Morgan fingerprint density at radius 3 is 2.78 bits per heavy atom. The molecular weight excluding hydrogens is 254 g/mol. The number of ether oxygens (including phenoxy) is 1. The third kappa shape index (κ3) is 2.91. The number of amides is 1. The number of nitrogens with zero attached hydrogens (tertiary/aromatic N) is 2. The second kappa shape index (κ2) is 5.54. The van der Waals surface area contributed by atoms with Gasteiger partial charge in [-0.2, -0.15) is 0 Å². The van der Waals surface area contributed by atoms with Crippen LogP contribution >= 0.6 is 11.6 Å². The molecular formula is C12H16ClN3O2. The molecule has 2 heterocycles. The van der Waals surface area contributed by atoms with Crippen molar-refractivity contribution in [3.8, 4) is 0 Å². The number of halogens is 1. The maximum absolute atomic E-state index is 12.3. The Morgan fingerprint density at radius 1 is 1.50 bits per heavy atom. The zero-order valence-corrected chi connectivity index (χ0v) is 11.0. The zero-order valence-electron chi connectivity index (χ0n) is 10.2. The van der Waals surface area contributed by atoms with Gasteiger partial charge in [0.25, 0.3) is 5.91 Å². The molecule has 1 amide bonds. The van der Waals surface area contributed by atoms with E-state index < -0.39 is 0 Å². The average Bonchev–Trinajstić information content (AvgIpc) is 2.37. The summed E-state index contributed by atoms with van der Waals surface area (Å²) in [4.78, 5) is 17.9. The van der Waals surface area contributed by atoms with Crippen LogP contribution in [0.2, 0.25) is 5.15 Å². The van der Waals surface area contributed by atoms with Crippen molar-refractivity contribution < 1.29 is 9.53 Å². The third-order valence-electron chi connectivity index (χ3n) is 3.12. The fourth-order valence-corrected chi connectivity index (χ4v) is 2.30. The van der Waals surface area contributed by atoms with Crippen molar-refractivity contribution in [2.75, 3.05) is 26.0 Å². The molecule has 1 fully saturated rings. The van der Waals surface area contributed by atoms with Gasteiger partial charge in [-0.1, -0.05) is 11.6 Å². The molecule has 1 aliphatic rings. The van der Waals surface area contributed by atoms with Crippen molar-refractivity contribution in [1.82, 2.24) is 9.88 Å². The highest BCUT2D eigenvalue weighted by Crippen LogP contribution is 2.18. The van der Waals surface area contributed by atoms with E-state index in [0.29, 0.717) is 18.8 Å². The first-order valence-electron chi connectivity index (χ1n) is 5.86. The Labute approximate surface area is 111 Å². The van der Waals surface area contributed by atoms with Crippen LogP contribution in [-0.2, 0) is 4.74 Å². The monoisotopic (exact) mass is 269 g/mol. The number of nitrogens with two attached hydrogens (primary N) is 1. The summed E-state index contributed by atoms with van der Waals surface area (Å²) in [5, 5.41) is 0.235. The minimum absolute atomic E-state index is 0.0853. The van der Waals surface area contributed by atoms with Gasteiger partial charge < -0.3 is 15.4 Å². The predicted octanol–water partition coefficient (Wildman–Crippen LogP) is 1.57. The SMILES string of the molecule is CN(C(=O)c1cc(N)nc(Cl)c1)C1CCOCC1. The smallest absolute Gasteiger partial charge is 0.254 e. The number of rotatable bonds is 2. The molecule has 0 aliphatic carbocycles. The van der Waals surface area contributed by atoms with Crippen molar-refractivity contribution in [3.05, 3.63) is 22.8 Å². The Morgan fingerprint density at radius 2 is 2.17 bits per heavy atom. The minimum Gasteiger partial charge on any atom is -0.384 e. The van der Waals surface area contributed by atoms with Crippen molar-refractivity contribution in [2.24, 2.45) is 0 Å². The van der Waals surface area contributed by atoms with Crippen LogP contribution in [0.25, 0.3) is 0 Å². The summed E-state index contributed by atoms with van der Waals surface area (Å²) in [6.07, 6.45) is 1.72. The largest absolute Gasteiger partial charge is 0.384 e. The fraction of sp³-hybridized carbons (Fsp3) is 0.500. The van der Waals surface area contributed by atoms with E-state index in [-0.39, 0.29) is 22.9 Å². The molecule has 0 radical (unpaired) electrons. The first kappa shape index (κ1) is 13.1. The summed E-state index contributed by atoms with van der Waals surface area (Å²) in [5.41, 5.74) is 6.06. The zero-order chi connectivity index (χ0) is 13.1. The Bertz CT molecular complexity index is 427. The molecule has 1 aliphatic heterocycles. The second-order valence-electron chi connectivity index (χ2n) is 4.36. The molecule has 1 aromatic heterocycles. The van der Waals surface area contributed by atoms with Crippen molar-refractivity contribution in [2.45, 2.75) is 18.9 Å². The lowest BCUT2D eigenvalue weighted by Gasteiger charge is -2.31. The molecule has 2 N–H and O–H groups in total. The van der Waals surface area contributed by atoms with Gasteiger partial charge in [0.15, 0.2) is 0 Å². The molecule has 18 heavy (non-hydrogen) atoms. The maximum atomic E-state index is 12.3. The first-order valence-corrected chi connectivity index (χ1v) is 6.23. The van der Waals surface area contributed by atoms with Gasteiger partial charge in [-0.05, 0) is 25.0 Å². The Kier molecular flexibility index (Phi) is 4.04. The summed E-state index contributed by atoms with van der Waals surface area (Å²) in [6.45, 7) is 1.39. The third-order valence-corrected chi connectivity index (χ3v) is 3.31. The molecule has 0 atom stereocenters. The molecule has 1 saturated heterocycles. The maximum Gasteiger partial charge on any atom is 0.254 e. The Balaban J connectivity index is 2.14. The highest BCUT2D eigenvalue weighted by Gasteiger charge is 2.23. The van der Waals surface area contributed by atoms with Gasteiger partial charge in [0.2, 0.25) is 0 Å². The fourth-order valence-electron chi connectivity index (χ4n) is 2.08. The van der Waals surface area contributed by atoms with Gasteiger partial charge in [0, 0.05) is 31.9 Å². The highest BCUT2D eigenvalue weighted by molar-refractivity contribution is 6.29. The average molecular weight is 270 g/mol. The van der Waals surface area contributed by atoms with E-state index in [1.165, 1.54) is 6.07 Å². The molecule has 1 aromatic rings. The molecule has 0 spiro atoms. The van der Waals surface area contributed by atoms with Gasteiger partial charge >= 0.3 is 0 Å². The molecule has 98 valence electrons. The van der Waals surface area contributed by atoms with Crippen LogP contribution in [0.4, 0.5) is 5.82 Å². The summed E-state index contributed by atoms with van der Waals surface area (Å²) in [5.74, 6) is 0.170. The van der Waals surface area contributed by atoms with E-state index in [9.17, 15) is 4.79 Å². The standard InChI is InChI=1S/C12H16ClN3O2/c1-16(9-2-4-18-5-3-9)12(17)8-6-10(13)15-11(14)7-8/h6-7,9H,2-5H2,1H3,(H2,14,15).